The van der Waals surface area contributed by atoms with E-state index in [0.29, 0.717) is 0 Å². The van der Waals surface area contributed by atoms with Gasteiger partial charge in [-0.25, -0.2) is 0 Å². The first-order valence-corrected chi connectivity index (χ1v) is 6.72. The highest BCUT2D eigenvalue weighted by Gasteiger charge is 1.78. The molecule has 0 amide bonds. The van der Waals surface area contributed by atoms with Gasteiger partial charge in [0.1, 0.15) is 0 Å². The lowest BCUT2D eigenvalue weighted by Crippen LogP contribution is -1.63. The summed E-state index contributed by atoms with van der Waals surface area (Å²) in [6.45, 7) is 3.63. The normalized spacial score (nSPS) is 10.5. The molecule has 0 saturated carbocycles. The number of hydrogen-bond acceptors (Lipinski definition) is 3. The van der Waals surface area contributed by atoms with Crippen LogP contribution in [0.3, 0.4) is 0 Å². The lowest BCUT2D eigenvalue weighted by molar-refractivity contribution is 1.81. The Morgan fingerprint density at radius 1 is 1.40 bits per heavy atom. The van der Waals surface area contributed by atoms with Gasteiger partial charge >= 0.3 is 0 Å². The van der Waals surface area contributed by atoms with Gasteiger partial charge in [0, 0.05) is 11.5 Å². The Kier molecular flexibility index (Phi) is 10.0. The molecule has 0 bridgehead atoms. The van der Waals surface area contributed by atoms with Crippen LogP contribution in [0.1, 0.15) is 0 Å². The maximum absolute atomic E-state index is 3.63. The zero-order chi connectivity index (χ0) is 7.66. The zero-order valence-corrected chi connectivity index (χ0v) is 8.53. The average Bonchev–Trinajstić information content (AvgIpc) is 1.97. The highest BCUT2D eigenvalue weighted by atomic mass is 33.1. The van der Waals surface area contributed by atoms with E-state index in [1.54, 1.807) is 21.6 Å². The lowest BCUT2D eigenvalue weighted by Gasteiger charge is -1.88. The minimum absolute atomic E-state index is 1.02. The second-order valence-corrected chi connectivity index (χ2v) is 4.73. The van der Waals surface area contributed by atoms with E-state index in [1.807, 2.05) is 17.8 Å². The molecule has 10 heavy (non-hydrogen) atoms. The Hall–Kier alpha value is 0.530. The van der Waals surface area contributed by atoms with Crippen molar-refractivity contribution in [3.05, 3.63) is 24.1 Å². The second kappa shape index (κ2) is 9.53. The van der Waals surface area contributed by atoms with Crippen LogP contribution in [0.2, 0.25) is 0 Å². The Balaban J connectivity index is 2.94. The first-order valence-electron chi connectivity index (χ1n) is 2.95. The first-order chi connectivity index (χ1) is 4.91. The topological polar surface area (TPSA) is 0 Å². The maximum atomic E-state index is 3.63. The fourth-order valence-corrected chi connectivity index (χ4v) is 2.14. The SMILES string of the molecule is C=CCSSC=CCSC. The third-order valence-corrected chi connectivity index (χ3v) is 3.16. The van der Waals surface area contributed by atoms with Gasteiger partial charge in [0.2, 0.25) is 0 Å². The van der Waals surface area contributed by atoms with Crippen LogP contribution in [0.4, 0.5) is 0 Å². The molecule has 0 unspecified atom stereocenters. The van der Waals surface area contributed by atoms with Crippen molar-refractivity contribution in [3.8, 4) is 0 Å². The van der Waals surface area contributed by atoms with Gasteiger partial charge in [-0.3, -0.25) is 0 Å². The van der Waals surface area contributed by atoms with Crippen molar-refractivity contribution in [2.45, 2.75) is 0 Å². The molecule has 0 heterocycles. The molecule has 3 heteroatoms. The molecule has 0 aromatic heterocycles. The summed E-state index contributed by atoms with van der Waals surface area (Å²) >= 11 is 1.84. The largest absolute Gasteiger partial charge is 0.161 e. The van der Waals surface area contributed by atoms with Gasteiger partial charge in [-0.05, 0) is 11.7 Å². The van der Waals surface area contributed by atoms with Crippen LogP contribution in [0.25, 0.3) is 0 Å². The Bertz CT molecular complexity index is 99.0. The van der Waals surface area contributed by atoms with Crippen LogP contribution in [0.15, 0.2) is 24.1 Å². The molecule has 0 aromatic carbocycles. The molecular weight excluding hydrogens is 180 g/mol. The van der Waals surface area contributed by atoms with E-state index in [4.69, 9.17) is 0 Å². The molecule has 0 aromatic rings. The van der Waals surface area contributed by atoms with E-state index in [0.717, 1.165) is 11.5 Å². The summed E-state index contributed by atoms with van der Waals surface area (Å²) in [4.78, 5) is 0. The van der Waals surface area contributed by atoms with Crippen molar-refractivity contribution < 1.29 is 0 Å². The van der Waals surface area contributed by atoms with E-state index in [-0.39, 0.29) is 0 Å². The smallest absolute Gasteiger partial charge is 0.0218 e. The Morgan fingerprint density at radius 2 is 2.20 bits per heavy atom. The predicted octanol–water partition coefficient (Wildman–Crippen LogP) is 3.43. The summed E-state index contributed by atoms with van der Waals surface area (Å²) in [7, 11) is 3.58. The van der Waals surface area contributed by atoms with Crippen LogP contribution >= 0.6 is 33.3 Å². The minimum atomic E-state index is 1.02. The van der Waals surface area contributed by atoms with Gasteiger partial charge in [0.25, 0.3) is 0 Å². The molecule has 0 saturated heterocycles. The van der Waals surface area contributed by atoms with E-state index in [9.17, 15) is 0 Å². The second-order valence-electron chi connectivity index (χ2n) is 1.50. The molecular formula is C7H12S3. The average molecular weight is 192 g/mol. The van der Waals surface area contributed by atoms with E-state index in [1.165, 1.54) is 0 Å². The lowest BCUT2D eigenvalue weighted by atomic mass is 10.8. The van der Waals surface area contributed by atoms with Gasteiger partial charge < -0.3 is 0 Å². The third-order valence-electron chi connectivity index (χ3n) is 0.669. The number of thioether (sulfide) groups is 1. The summed E-state index contributed by atoms with van der Waals surface area (Å²) < 4.78 is 0. The van der Waals surface area contributed by atoms with Crippen molar-refractivity contribution in [2.75, 3.05) is 17.8 Å². The fourth-order valence-electron chi connectivity index (χ4n) is 0.301. The van der Waals surface area contributed by atoms with Crippen LogP contribution in [0.5, 0.6) is 0 Å². The monoisotopic (exact) mass is 192 g/mol. The molecule has 0 aliphatic heterocycles. The Labute approximate surface area is 75.3 Å². The number of hydrogen-bond donors (Lipinski definition) is 0. The summed E-state index contributed by atoms with van der Waals surface area (Å²) in [6.07, 6.45) is 6.19. The highest BCUT2D eigenvalue weighted by Crippen LogP contribution is 2.21. The van der Waals surface area contributed by atoms with Crippen molar-refractivity contribution in [2.24, 2.45) is 0 Å². The van der Waals surface area contributed by atoms with Gasteiger partial charge in [0.05, 0.1) is 0 Å². The summed E-state index contributed by atoms with van der Waals surface area (Å²) in [5.41, 5.74) is 0. The predicted molar refractivity (Wildman–Crippen MR) is 57.8 cm³/mol. The molecule has 0 nitrogen and oxygen atoms in total. The van der Waals surface area contributed by atoms with Crippen molar-refractivity contribution in [1.82, 2.24) is 0 Å². The molecule has 0 atom stereocenters. The van der Waals surface area contributed by atoms with Gasteiger partial charge in [-0.2, -0.15) is 11.8 Å². The zero-order valence-electron chi connectivity index (χ0n) is 6.08. The van der Waals surface area contributed by atoms with Gasteiger partial charge in [-0.15, -0.1) is 6.58 Å². The molecule has 0 fully saturated rings. The van der Waals surface area contributed by atoms with Gasteiger partial charge in [0.15, 0.2) is 0 Å². The van der Waals surface area contributed by atoms with Crippen molar-refractivity contribution in [3.63, 3.8) is 0 Å². The van der Waals surface area contributed by atoms with Crippen LogP contribution in [-0.4, -0.2) is 17.8 Å². The number of rotatable bonds is 6. The van der Waals surface area contributed by atoms with Crippen LogP contribution in [0, 0.1) is 0 Å². The molecule has 0 N–H and O–H groups in total. The van der Waals surface area contributed by atoms with Crippen molar-refractivity contribution in [1.29, 1.82) is 0 Å². The fraction of sp³-hybridized carbons (Fsp3) is 0.429. The van der Waals surface area contributed by atoms with Crippen LogP contribution in [-0.2, 0) is 0 Å². The van der Waals surface area contributed by atoms with Crippen molar-refractivity contribution >= 4 is 33.3 Å². The summed E-state index contributed by atoms with van der Waals surface area (Å²) in [6, 6.07) is 0. The minimum Gasteiger partial charge on any atom is -0.161 e. The van der Waals surface area contributed by atoms with Crippen LogP contribution < -0.4 is 0 Å². The molecule has 0 rings (SSSR count). The standard InChI is InChI=1S/C7H12S3/c1-3-5-9-10-7-4-6-8-2/h3-4,7H,1,5-6H2,2H3. The summed E-state index contributed by atoms with van der Waals surface area (Å²) in [5.74, 6) is 2.13. The first kappa shape index (κ1) is 10.5. The van der Waals surface area contributed by atoms with E-state index in [2.05, 4.69) is 24.3 Å². The molecule has 0 aliphatic carbocycles. The van der Waals surface area contributed by atoms with E-state index >= 15 is 0 Å². The quantitative estimate of drug-likeness (QED) is 0.359. The molecule has 0 aliphatic rings. The molecule has 58 valence electrons. The maximum Gasteiger partial charge on any atom is 0.0218 e. The Morgan fingerprint density at radius 3 is 2.80 bits per heavy atom. The molecule has 0 radical (unpaired) electrons. The third kappa shape index (κ3) is 8.53. The van der Waals surface area contributed by atoms with Gasteiger partial charge in [-0.1, -0.05) is 33.7 Å². The molecule has 0 spiro atoms. The highest BCUT2D eigenvalue weighted by molar-refractivity contribution is 8.77. The van der Waals surface area contributed by atoms with E-state index < -0.39 is 0 Å². The summed E-state index contributed by atoms with van der Waals surface area (Å²) in [5, 5.41) is 2.13.